The minimum atomic E-state index is -0.410. The monoisotopic (exact) mass is 479 g/mol. The number of carbonyl (C=O) groups excluding carboxylic acids is 3. The summed E-state index contributed by atoms with van der Waals surface area (Å²) >= 11 is 0. The molecule has 0 bridgehead atoms. The molecule has 10 nitrogen and oxygen atoms in total. The van der Waals surface area contributed by atoms with Gasteiger partial charge in [0.1, 0.15) is 18.0 Å². The fraction of sp³-hybridized carbons (Fsp3) is 0.400. The van der Waals surface area contributed by atoms with E-state index in [0.717, 1.165) is 16.9 Å². The lowest BCUT2D eigenvalue weighted by molar-refractivity contribution is -0.136. The number of ether oxygens (including phenoxy) is 2. The molecule has 0 saturated carbocycles. The molecule has 35 heavy (non-hydrogen) atoms. The van der Waals surface area contributed by atoms with Crippen molar-refractivity contribution in [3.8, 4) is 5.75 Å². The summed E-state index contributed by atoms with van der Waals surface area (Å²) in [7, 11) is 3.13. The number of amides is 3. The van der Waals surface area contributed by atoms with Gasteiger partial charge >= 0.3 is 0 Å². The Labute approximate surface area is 204 Å². The maximum Gasteiger partial charge on any atom is 0.270 e. The van der Waals surface area contributed by atoms with E-state index in [0.29, 0.717) is 19.7 Å². The van der Waals surface area contributed by atoms with Crippen LogP contribution in [0.1, 0.15) is 24.0 Å². The average Bonchev–Trinajstić information content (AvgIpc) is 3.03. The van der Waals surface area contributed by atoms with Crippen LogP contribution in [0.5, 0.6) is 5.75 Å². The summed E-state index contributed by atoms with van der Waals surface area (Å²) in [5.41, 5.74) is 2.12. The molecule has 1 saturated heterocycles. The van der Waals surface area contributed by atoms with Gasteiger partial charge in [0.2, 0.25) is 11.8 Å². The van der Waals surface area contributed by atoms with Gasteiger partial charge in [0, 0.05) is 51.9 Å². The summed E-state index contributed by atoms with van der Waals surface area (Å²) in [6.07, 6.45) is 3.48. The maximum absolute atomic E-state index is 13.3. The first-order valence-corrected chi connectivity index (χ1v) is 11.5. The number of rotatable bonds is 7. The van der Waals surface area contributed by atoms with Crippen LogP contribution in [0.15, 0.2) is 53.9 Å². The summed E-state index contributed by atoms with van der Waals surface area (Å²) in [4.78, 5) is 45.6. The van der Waals surface area contributed by atoms with Crippen LogP contribution in [0, 0.1) is 0 Å². The predicted octanol–water partition coefficient (Wildman–Crippen LogP) is 1.45. The van der Waals surface area contributed by atoms with E-state index in [1.807, 2.05) is 36.4 Å². The molecule has 0 unspecified atom stereocenters. The molecule has 1 fully saturated rings. The van der Waals surface area contributed by atoms with Crippen molar-refractivity contribution >= 4 is 23.4 Å². The third-order valence-corrected chi connectivity index (χ3v) is 6.01. The molecule has 1 atom stereocenters. The standard InChI is InChI=1S/C25H29N5O5/c1-28-23(31)10-9-22(27-28)25(33)30-15-21(35-17-19-4-3-11-26-12-19)14-29(24(32)16-30)13-18-5-7-20(34-2)8-6-18/h3-8,11-12,21H,9-10,13-17H2,1-2H3/t21-/m0/s1. The Hall–Kier alpha value is -3.79. The Morgan fingerprint density at radius 3 is 2.54 bits per heavy atom. The molecule has 0 radical (unpaired) electrons. The lowest BCUT2D eigenvalue weighted by atomic mass is 10.1. The molecule has 1 aromatic carbocycles. The van der Waals surface area contributed by atoms with Crippen LogP contribution in [-0.4, -0.2) is 83.1 Å². The first-order valence-electron chi connectivity index (χ1n) is 11.5. The van der Waals surface area contributed by atoms with Gasteiger partial charge in [-0.15, -0.1) is 0 Å². The van der Waals surface area contributed by atoms with Crippen molar-refractivity contribution in [2.45, 2.75) is 32.1 Å². The Balaban J connectivity index is 1.52. The maximum atomic E-state index is 13.3. The highest BCUT2D eigenvalue weighted by Gasteiger charge is 2.34. The molecule has 0 N–H and O–H groups in total. The minimum absolute atomic E-state index is 0.0849. The first-order chi connectivity index (χ1) is 16.9. The average molecular weight is 480 g/mol. The Kier molecular flexibility index (Phi) is 7.71. The van der Waals surface area contributed by atoms with E-state index in [1.165, 1.54) is 17.0 Å². The van der Waals surface area contributed by atoms with E-state index in [9.17, 15) is 14.4 Å². The molecule has 2 aliphatic rings. The smallest absolute Gasteiger partial charge is 0.270 e. The van der Waals surface area contributed by atoms with Gasteiger partial charge in [0.25, 0.3) is 5.91 Å². The van der Waals surface area contributed by atoms with Crippen molar-refractivity contribution in [3.63, 3.8) is 0 Å². The topological polar surface area (TPSA) is 105 Å². The van der Waals surface area contributed by atoms with Gasteiger partial charge < -0.3 is 19.3 Å². The van der Waals surface area contributed by atoms with Crippen LogP contribution in [0.4, 0.5) is 0 Å². The molecule has 184 valence electrons. The van der Waals surface area contributed by atoms with Crippen molar-refractivity contribution in [3.05, 3.63) is 59.9 Å². The summed E-state index contributed by atoms with van der Waals surface area (Å²) in [5.74, 6) is 0.0698. The molecular weight excluding hydrogens is 450 g/mol. The van der Waals surface area contributed by atoms with Crippen LogP contribution in [0.2, 0.25) is 0 Å². The number of methoxy groups -OCH3 is 1. The lowest BCUT2D eigenvalue weighted by Gasteiger charge is -2.26. The van der Waals surface area contributed by atoms with Gasteiger partial charge in [-0.2, -0.15) is 5.10 Å². The third kappa shape index (κ3) is 6.21. The summed E-state index contributed by atoms with van der Waals surface area (Å²) in [6.45, 7) is 1.18. The quantitative estimate of drug-likeness (QED) is 0.596. The molecule has 4 rings (SSSR count). The molecule has 0 spiro atoms. The highest BCUT2D eigenvalue weighted by molar-refractivity contribution is 6.39. The Morgan fingerprint density at radius 2 is 1.86 bits per heavy atom. The van der Waals surface area contributed by atoms with Crippen molar-refractivity contribution in [2.75, 3.05) is 33.8 Å². The van der Waals surface area contributed by atoms with E-state index < -0.39 is 6.10 Å². The van der Waals surface area contributed by atoms with Gasteiger partial charge in [0.05, 0.1) is 19.8 Å². The number of pyridine rings is 1. The number of benzene rings is 1. The second kappa shape index (κ2) is 11.1. The molecule has 2 aromatic rings. The fourth-order valence-corrected chi connectivity index (χ4v) is 4.05. The van der Waals surface area contributed by atoms with Gasteiger partial charge in [-0.3, -0.25) is 19.4 Å². The van der Waals surface area contributed by atoms with Crippen LogP contribution >= 0.6 is 0 Å². The van der Waals surface area contributed by atoms with Crippen LogP contribution < -0.4 is 4.74 Å². The van der Waals surface area contributed by atoms with Crippen molar-refractivity contribution < 1.29 is 23.9 Å². The Morgan fingerprint density at radius 1 is 1.06 bits per heavy atom. The van der Waals surface area contributed by atoms with Crippen molar-refractivity contribution in [2.24, 2.45) is 5.10 Å². The molecule has 10 heteroatoms. The second-order valence-corrected chi connectivity index (χ2v) is 8.57. The summed E-state index contributed by atoms with van der Waals surface area (Å²) in [6, 6.07) is 11.3. The zero-order chi connectivity index (χ0) is 24.8. The minimum Gasteiger partial charge on any atom is -0.497 e. The number of hydrogen-bond donors (Lipinski definition) is 0. The van der Waals surface area contributed by atoms with Crippen LogP contribution in [-0.2, 0) is 32.3 Å². The normalized spacial score (nSPS) is 18.9. The van der Waals surface area contributed by atoms with E-state index in [1.54, 1.807) is 24.4 Å². The second-order valence-electron chi connectivity index (χ2n) is 8.57. The Bertz CT molecular complexity index is 1090. The van der Waals surface area contributed by atoms with Gasteiger partial charge in [-0.1, -0.05) is 18.2 Å². The number of carbonyl (C=O) groups is 3. The fourth-order valence-electron chi connectivity index (χ4n) is 4.05. The SMILES string of the molecule is COc1ccc(CN2C[C@H](OCc3cccnc3)CN(C(=O)C3=NN(C)C(=O)CC3)CC2=O)cc1. The molecule has 1 aromatic heterocycles. The molecule has 0 aliphatic carbocycles. The number of hydrazone groups is 1. The number of aromatic nitrogens is 1. The van der Waals surface area contributed by atoms with Crippen molar-refractivity contribution in [1.82, 2.24) is 19.8 Å². The zero-order valence-corrected chi connectivity index (χ0v) is 19.9. The van der Waals surface area contributed by atoms with E-state index >= 15 is 0 Å². The highest BCUT2D eigenvalue weighted by Crippen LogP contribution is 2.18. The molecule has 2 aliphatic heterocycles. The largest absolute Gasteiger partial charge is 0.497 e. The predicted molar refractivity (Wildman–Crippen MR) is 127 cm³/mol. The van der Waals surface area contributed by atoms with E-state index in [4.69, 9.17) is 9.47 Å². The molecule has 3 amide bonds. The third-order valence-electron chi connectivity index (χ3n) is 6.01. The zero-order valence-electron chi connectivity index (χ0n) is 19.9. The lowest BCUT2D eigenvalue weighted by Crippen LogP contribution is -2.45. The van der Waals surface area contributed by atoms with Crippen molar-refractivity contribution in [1.29, 1.82) is 0 Å². The van der Waals surface area contributed by atoms with Crippen LogP contribution in [0.25, 0.3) is 0 Å². The van der Waals surface area contributed by atoms with E-state index in [2.05, 4.69) is 10.1 Å². The molecular formula is C25H29N5O5. The molecule has 3 heterocycles. The van der Waals surface area contributed by atoms with Gasteiger partial charge in [-0.25, -0.2) is 5.01 Å². The van der Waals surface area contributed by atoms with Crippen LogP contribution in [0.3, 0.4) is 0 Å². The number of hydrogen-bond acceptors (Lipinski definition) is 7. The van der Waals surface area contributed by atoms with Gasteiger partial charge in [-0.05, 0) is 29.3 Å². The summed E-state index contributed by atoms with van der Waals surface area (Å²) < 4.78 is 11.4. The number of nitrogens with zero attached hydrogens (tertiary/aromatic N) is 5. The first kappa shape index (κ1) is 24.3. The van der Waals surface area contributed by atoms with Gasteiger partial charge in [0.15, 0.2) is 0 Å². The summed E-state index contributed by atoms with van der Waals surface area (Å²) in [5, 5.41) is 5.32. The van der Waals surface area contributed by atoms with E-state index in [-0.39, 0.29) is 49.4 Å². The highest BCUT2D eigenvalue weighted by atomic mass is 16.5.